The van der Waals surface area contributed by atoms with E-state index in [2.05, 4.69) is 10.1 Å². The number of esters is 1. The van der Waals surface area contributed by atoms with Gasteiger partial charge in [-0.2, -0.15) is 13.2 Å². The van der Waals surface area contributed by atoms with E-state index in [1.54, 1.807) is 6.92 Å². The molecule has 1 rings (SSSR count). The van der Waals surface area contributed by atoms with Gasteiger partial charge in [-0.3, -0.25) is 0 Å². The molecule has 1 N–H and O–H groups in total. The highest BCUT2D eigenvalue weighted by molar-refractivity contribution is 5.83. The molecular weight excluding hydrogens is 259 g/mol. The molecule has 104 valence electrons. The van der Waals surface area contributed by atoms with Crippen LogP contribution in [0.5, 0.6) is 0 Å². The summed E-state index contributed by atoms with van der Waals surface area (Å²) in [6.07, 6.45) is -2.72. The molecule has 0 amide bonds. The molecule has 0 fully saturated rings. The van der Waals surface area contributed by atoms with Crippen molar-refractivity contribution in [3.63, 3.8) is 0 Å². The van der Waals surface area contributed by atoms with Crippen LogP contribution in [0.2, 0.25) is 0 Å². The standard InChI is InChI=1S/C13H14F3NO2/c1-3-10(8-12(18)19-2)17-11-6-4-5-9(7-11)13(14,15)16/h4-8,17H,3H2,1-2H3/b10-8-. The summed E-state index contributed by atoms with van der Waals surface area (Å²) >= 11 is 0. The Morgan fingerprint density at radius 1 is 1.42 bits per heavy atom. The molecule has 0 saturated carbocycles. The number of ether oxygens (including phenoxy) is 1. The second-order valence-corrected chi connectivity index (χ2v) is 3.75. The van der Waals surface area contributed by atoms with Gasteiger partial charge in [0, 0.05) is 17.5 Å². The highest BCUT2D eigenvalue weighted by Crippen LogP contribution is 2.30. The van der Waals surface area contributed by atoms with Gasteiger partial charge in [0.2, 0.25) is 0 Å². The summed E-state index contributed by atoms with van der Waals surface area (Å²) in [4.78, 5) is 11.1. The molecule has 6 heteroatoms. The van der Waals surface area contributed by atoms with Crippen molar-refractivity contribution in [1.29, 1.82) is 0 Å². The number of allylic oxidation sites excluding steroid dienone is 1. The molecule has 0 heterocycles. The molecule has 0 spiro atoms. The summed E-state index contributed by atoms with van der Waals surface area (Å²) in [5, 5.41) is 2.77. The number of nitrogens with one attached hydrogen (secondary N) is 1. The van der Waals surface area contributed by atoms with Crippen molar-refractivity contribution >= 4 is 11.7 Å². The first kappa shape index (κ1) is 15.1. The quantitative estimate of drug-likeness (QED) is 0.673. The Morgan fingerprint density at radius 2 is 2.11 bits per heavy atom. The first-order chi connectivity index (χ1) is 8.86. The lowest BCUT2D eigenvalue weighted by Crippen LogP contribution is -2.07. The predicted octanol–water partition coefficient (Wildman–Crippen LogP) is 3.58. The van der Waals surface area contributed by atoms with Crippen molar-refractivity contribution in [2.45, 2.75) is 19.5 Å². The van der Waals surface area contributed by atoms with E-state index in [-0.39, 0.29) is 5.69 Å². The maximum absolute atomic E-state index is 12.5. The molecule has 19 heavy (non-hydrogen) atoms. The second-order valence-electron chi connectivity index (χ2n) is 3.75. The summed E-state index contributed by atoms with van der Waals surface area (Å²) in [5.74, 6) is -0.559. The van der Waals surface area contributed by atoms with Crippen LogP contribution in [0.25, 0.3) is 0 Å². The highest BCUT2D eigenvalue weighted by atomic mass is 19.4. The van der Waals surface area contributed by atoms with Crippen molar-refractivity contribution in [2.24, 2.45) is 0 Å². The lowest BCUT2D eigenvalue weighted by molar-refractivity contribution is -0.137. The van der Waals surface area contributed by atoms with Crippen molar-refractivity contribution in [1.82, 2.24) is 0 Å². The van der Waals surface area contributed by atoms with E-state index >= 15 is 0 Å². The van der Waals surface area contributed by atoms with Crippen LogP contribution in [-0.2, 0) is 15.7 Å². The number of carbonyl (C=O) groups excluding carboxylic acids is 1. The maximum Gasteiger partial charge on any atom is 0.416 e. The molecule has 0 unspecified atom stereocenters. The molecule has 0 saturated heterocycles. The number of alkyl halides is 3. The molecule has 1 aromatic rings. The number of benzene rings is 1. The van der Waals surface area contributed by atoms with Gasteiger partial charge < -0.3 is 10.1 Å². The van der Waals surface area contributed by atoms with E-state index in [0.717, 1.165) is 12.1 Å². The molecular formula is C13H14F3NO2. The first-order valence-electron chi connectivity index (χ1n) is 5.59. The number of hydrogen-bond acceptors (Lipinski definition) is 3. The van der Waals surface area contributed by atoms with Gasteiger partial charge in [-0.15, -0.1) is 0 Å². The number of anilines is 1. The Balaban J connectivity index is 2.93. The van der Waals surface area contributed by atoms with Crippen LogP contribution in [0, 0.1) is 0 Å². The Bertz CT molecular complexity index is 481. The minimum atomic E-state index is -4.39. The lowest BCUT2D eigenvalue weighted by Gasteiger charge is -2.12. The average molecular weight is 273 g/mol. The smallest absolute Gasteiger partial charge is 0.416 e. The summed E-state index contributed by atoms with van der Waals surface area (Å²) in [7, 11) is 1.23. The molecule has 3 nitrogen and oxygen atoms in total. The number of carbonyl (C=O) groups is 1. The summed E-state index contributed by atoms with van der Waals surface area (Å²) in [6, 6.07) is 4.77. The van der Waals surface area contributed by atoms with E-state index in [1.165, 1.54) is 25.3 Å². The summed E-state index contributed by atoms with van der Waals surface area (Å²) in [5.41, 5.74) is 0.00373. The minimum Gasteiger partial charge on any atom is -0.466 e. The summed E-state index contributed by atoms with van der Waals surface area (Å²) < 4.78 is 42.1. The number of hydrogen-bond donors (Lipinski definition) is 1. The normalized spacial score (nSPS) is 12.2. The van der Waals surface area contributed by atoms with Gasteiger partial charge in [0.25, 0.3) is 0 Å². The van der Waals surface area contributed by atoms with Gasteiger partial charge in [-0.05, 0) is 24.6 Å². The van der Waals surface area contributed by atoms with Gasteiger partial charge in [0.15, 0.2) is 0 Å². The fraction of sp³-hybridized carbons (Fsp3) is 0.308. The first-order valence-corrected chi connectivity index (χ1v) is 5.59. The van der Waals surface area contributed by atoms with Crippen LogP contribution in [0.1, 0.15) is 18.9 Å². The molecule has 0 bridgehead atoms. The van der Waals surface area contributed by atoms with Gasteiger partial charge in [0.1, 0.15) is 0 Å². The molecule has 0 atom stereocenters. The van der Waals surface area contributed by atoms with E-state index in [4.69, 9.17) is 0 Å². The van der Waals surface area contributed by atoms with Crippen LogP contribution in [0.3, 0.4) is 0 Å². The maximum atomic E-state index is 12.5. The largest absolute Gasteiger partial charge is 0.466 e. The second kappa shape index (κ2) is 6.26. The Labute approximate surface area is 109 Å². The number of halogens is 3. The third kappa shape index (κ3) is 4.65. The molecule has 0 aliphatic heterocycles. The average Bonchev–Trinajstić information content (AvgIpc) is 2.37. The Kier molecular flexibility index (Phi) is 4.97. The van der Waals surface area contributed by atoms with Crippen molar-refractivity contribution in [2.75, 3.05) is 12.4 Å². The van der Waals surface area contributed by atoms with Gasteiger partial charge >= 0.3 is 12.1 Å². The van der Waals surface area contributed by atoms with Crippen LogP contribution in [-0.4, -0.2) is 13.1 Å². The van der Waals surface area contributed by atoms with Crippen LogP contribution in [0.15, 0.2) is 36.0 Å². The van der Waals surface area contributed by atoms with Crippen LogP contribution < -0.4 is 5.32 Å². The Morgan fingerprint density at radius 3 is 2.63 bits per heavy atom. The van der Waals surface area contributed by atoms with E-state index < -0.39 is 17.7 Å². The van der Waals surface area contributed by atoms with Crippen molar-refractivity contribution < 1.29 is 22.7 Å². The fourth-order valence-corrected chi connectivity index (χ4v) is 1.39. The van der Waals surface area contributed by atoms with Gasteiger partial charge in [-0.25, -0.2) is 4.79 Å². The molecule has 0 aliphatic rings. The number of methoxy groups -OCH3 is 1. The summed E-state index contributed by atoms with van der Waals surface area (Å²) in [6.45, 7) is 1.77. The topological polar surface area (TPSA) is 38.3 Å². The van der Waals surface area contributed by atoms with Crippen LogP contribution >= 0.6 is 0 Å². The SMILES string of the molecule is CC/C(=C/C(=O)OC)Nc1cccc(C(F)(F)F)c1. The van der Waals surface area contributed by atoms with E-state index in [0.29, 0.717) is 12.1 Å². The zero-order valence-corrected chi connectivity index (χ0v) is 10.5. The van der Waals surface area contributed by atoms with E-state index in [9.17, 15) is 18.0 Å². The molecule has 0 radical (unpaired) electrons. The third-order valence-corrected chi connectivity index (χ3v) is 2.37. The lowest BCUT2D eigenvalue weighted by atomic mass is 10.2. The van der Waals surface area contributed by atoms with Crippen molar-refractivity contribution in [3.8, 4) is 0 Å². The third-order valence-electron chi connectivity index (χ3n) is 2.37. The van der Waals surface area contributed by atoms with Crippen molar-refractivity contribution in [3.05, 3.63) is 41.6 Å². The molecule has 0 aromatic heterocycles. The van der Waals surface area contributed by atoms with E-state index in [1.807, 2.05) is 0 Å². The fourth-order valence-electron chi connectivity index (χ4n) is 1.39. The van der Waals surface area contributed by atoms with Gasteiger partial charge in [0.05, 0.1) is 12.7 Å². The molecule has 0 aliphatic carbocycles. The van der Waals surface area contributed by atoms with Crippen LogP contribution in [0.4, 0.5) is 18.9 Å². The zero-order chi connectivity index (χ0) is 14.5. The minimum absolute atomic E-state index is 0.270. The zero-order valence-electron chi connectivity index (χ0n) is 10.5. The highest BCUT2D eigenvalue weighted by Gasteiger charge is 2.30. The number of rotatable bonds is 4. The Hall–Kier alpha value is -1.98. The molecule has 1 aromatic carbocycles. The van der Waals surface area contributed by atoms with Gasteiger partial charge in [-0.1, -0.05) is 13.0 Å². The predicted molar refractivity (Wildman–Crippen MR) is 65.5 cm³/mol. The monoisotopic (exact) mass is 273 g/mol.